The second-order valence-corrected chi connectivity index (χ2v) is 4.95. The topological polar surface area (TPSA) is 90.4 Å². The molecule has 0 saturated carbocycles. The molecule has 0 saturated heterocycles. The Bertz CT molecular complexity index is 753. The third-order valence-corrected chi connectivity index (χ3v) is 3.00. The molecule has 1 unspecified atom stereocenters. The SMILES string of the molecule is Cc1cnc(C(=O)OC(C)C(=O)Nc2ccccc2OC(F)F)cn1. The first-order valence-corrected chi connectivity index (χ1v) is 7.21. The van der Waals surface area contributed by atoms with Gasteiger partial charge in [-0.05, 0) is 26.0 Å². The molecule has 2 aromatic rings. The van der Waals surface area contributed by atoms with Crippen LogP contribution in [0.2, 0.25) is 0 Å². The molecule has 0 spiro atoms. The maximum Gasteiger partial charge on any atom is 0.387 e. The molecule has 0 aliphatic rings. The summed E-state index contributed by atoms with van der Waals surface area (Å²) in [6.45, 7) is 0.0103. The van der Waals surface area contributed by atoms with Gasteiger partial charge >= 0.3 is 12.6 Å². The zero-order valence-corrected chi connectivity index (χ0v) is 13.4. The smallest absolute Gasteiger partial charge is 0.387 e. The van der Waals surface area contributed by atoms with E-state index in [1.165, 1.54) is 43.6 Å². The van der Waals surface area contributed by atoms with Gasteiger partial charge in [0.25, 0.3) is 5.91 Å². The Kier molecular flexibility index (Phi) is 5.93. The van der Waals surface area contributed by atoms with Gasteiger partial charge in [0.15, 0.2) is 11.8 Å². The summed E-state index contributed by atoms with van der Waals surface area (Å²) in [6.07, 6.45) is 1.43. The van der Waals surface area contributed by atoms with Crippen LogP contribution in [0.25, 0.3) is 0 Å². The van der Waals surface area contributed by atoms with Crippen molar-refractivity contribution in [1.82, 2.24) is 9.97 Å². The third-order valence-electron chi connectivity index (χ3n) is 3.00. The van der Waals surface area contributed by atoms with E-state index in [1.54, 1.807) is 6.92 Å². The largest absolute Gasteiger partial charge is 0.448 e. The van der Waals surface area contributed by atoms with E-state index in [1.807, 2.05) is 0 Å². The molecule has 0 aliphatic heterocycles. The van der Waals surface area contributed by atoms with Crippen LogP contribution in [0, 0.1) is 6.92 Å². The molecule has 1 heterocycles. The van der Waals surface area contributed by atoms with Crippen molar-refractivity contribution < 1.29 is 27.8 Å². The predicted molar refractivity (Wildman–Crippen MR) is 83.4 cm³/mol. The fraction of sp³-hybridized carbons (Fsp3) is 0.250. The summed E-state index contributed by atoms with van der Waals surface area (Å²) in [5, 5.41) is 2.37. The molecule has 0 bridgehead atoms. The van der Waals surface area contributed by atoms with E-state index >= 15 is 0 Å². The van der Waals surface area contributed by atoms with Crippen LogP contribution in [-0.2, 0) is 9.53 Å². The van der Waals surface area contributed by atoms with Gasteiger partial charge in [-0.15, -0.1) is 0 Å². The number of rotatable bonds is 6. The molecule has 1 aromatic carbocycles. The molecule has 132 valence electrons. The summed E-state index contributed by atoms with van der Waals surface area (Å²) < 4.78 is 34.0. The lowest BCUT2D eigenvalue weighted by Crippen LogP contribution is -2.30. The number of aryl methyl sites for hydroxylation is 1. The molecule has 0 fully saturated rings. The molecule has 7 nitrogen and oxygen atoms in total. The van der Waals surface area contributed by atoms with Crippen LogP contribution in [0.1, 0.15) is 23.1 Å². The lowest BCUT2D eigenvalue weighted by Gasteiger charge is -2.15. The molecule has 25 heavy (non-hydrogen) atoms. The summed E-state index contributed by atoms with van der Waals surface area (Å²) in [4.78, 5) is 31.8. The van der Waals surface area contributed by atoms with Crippen LogP contribution < -0.4 is 10.1 Å². The molecule has 0 aliphatic carbocycles. The first-order valence-electron chi connectivity index (χ1n) is 7.21. The second kappa shape index (κ2) is 8.13. The summed E-state index contributed by atoms with van der Waals surface area (Å²) >= 11 is 0. The molecule has 1 amide bonds. The number of carbonyl (C=O) groups is 2. The van der Waals surface area contributed by atoms with Crippen LogP contribution in [-0.4, -0.2) is 34.6 Å². The zero-order valence-electron chi connectivity index (χ0n) is 13.4. The normalized spacial score (nSPS) is 11.7. The van der Waals surface area contributed by atoms with Crippen LogP contribution in [0.4, 0.5) is 14.5 Å². The van der Waals surface area contributed by atoms with Crippen LogP contribution in [0.5, 0.6) is 5.75 Å². The number of esters is 1. The van der Waals surface area contributed by atoms with Crippen molar-refractivity contribution in [2.45, 2.75) is 26.6 Å². The Morgan fingerprint density at radius 3 is 2.52 bits per heavy atom. The Labute approximate surface area is 142 Å². The number of anilines is 1. The van der Waals surface area contributed by atoms with Gasteiger partial charge in [0, 0.05) is 6.20 Å². The van der Waals surface area contributed by atoms with Gasteiger partial charge in [-0.1, -0.05) is 12.1 Å². The summed E-state index contributed by atoms with van der Waals surface area (Å²) in [5.74, 6) is -1.74. The molecular formula is C16H15F2N3O4. The Morgan fingerprint density at radius 2 is 1.88 bits per heavy atom. The molecule has 1 N–H and O–H groups in total. The monoisotopic (exact) mass is 351 g/mol. The molecular weight excluding hydrogens is 336 g/mol. The lowest BCUT2D eigenvalue weighted by molar-refractivity contribution is -0.123. The number of carbonyl (C=O) groups excluding carboxylic acids is 2. The van der Waals surface area contributed by atoms with E-state index in [0.717, 1.165) is 0 Å². The van der Waals surface area contributed by atoms with Crippen molar-refractivity contribution in [1.29, 1.82) is 0 Å². The number of amides is 1. The number of nitrogens with zero attached hydrogens (tertiary/aromatic N) is 2. The van der Waals surface area contributed by atoms with E-state index in [4.69, 9.17) is 4.74 Å². The average molecular weight is 351 g/mol. The predicted octanol–water partition coefficient (Wildman–Crippen LogP) is 2.57. The highest BCUT2D eigenvalue weighted by Gasteiger charge is 2.21. The highest BCUT2D eigenvalue weighted by Crippen LogP contribution is 2.25. The van der Waals surface area contributed by atoms with Crippen molar-refractivity contribution >= 4 is 17.6 Å². The first-order chi connectivity index (χ1) is 11.9. The Hall–Kier alpha value is -3.10. The average Bonchev–Trinajstić information content (AvgIpc) is 2.56. The lowest BCUT2D eigenvalue weighted by atomic mass is 10.2. The van der Waals surface area contributed by atoms with Gasteiger partial charge < -0.3 is 14.8 Å². The van der Waals surface area contributed by atoms with E-state index in [2.05, 4.69) is 20.0 Å². The minimum atomic E-state index is -3.03. The summed E-state index contributed by atoms with van der Waals surface area (Å²) in [6, 6.07) is 5.68. The van der Waals surface area contributed by atoms with Gasteiger partial charge in [0.1, 0.15) is 5.75 Å². The number of halogens is 2. The number of benzene rings is 1. The highest BCUT2D eigenvalue weighted by molar-refractivity contribution is 5.97. The van der Waals surface area contributed by atoms with Gasteiger partial charge in [-0.25, -0.2) is 9.78 Å². The van der Waals surface area contributed by atoms with Crippen molar-refractivity contribution in [2.24, 2.45) is 0 Å². The van der Waals surface area contributed by atoms with Crippen LogP contribution in [0.3, 0.4) is 0 Å². The first kappa shape index (κ1) is 18.2. The third kappa shape index (κ3) is 5.20. The standard InChI is InChI=1S/C16H15F2N3O4/c1-9-7-20-12(8-19-9)15(23)24-10(2)14(22)21-11-5-3-4-6-13(11)25-16(17)18/h3-8,10,16H,1-2H3,(H,21,22). The minimum absolute atomic E-state index is 0.0332. The number of nitrogens with one attached hydrogen (secondary N) is 1. The van der Waals surface area contributed by atoms with Gasteiger partial charge in [-0.2, -0.15) is 8.78 Å². The fourth-order valence-corrected chi connectivity index (χ4v) is 1.78. The minimum Gasteiger partial charge on any atom is -0.448 e. The second-order valence-electron chi connectivity index (χ2n) is 4.95. The maximum atomic E-state index is 12.4. The van der Waals surface area contributed by atoms with Crippen LogP contribution >= 0.6 is 0 Å². The van der Waals surface area contributed by atoms with Gasteiger partial charge in [0.2, 0.25) is 0 Å². The fourth-order valence-electron chi connectivity index (χ4n) is 1.78. The number of aromatic nitrogens is 2. The number of para-hydroxylation sites is 2. The van der Waals surface area contributed by atoms with Crippen molar-refractivity contribution in [3.63, 3.8) is 0 Å². The van der Waals surface area contributed by atoms with Crippen molar-refractivity contribution in [3.8, 4) is 5.75 Å². The van der Waals surface area contributed by atoms with Gasteiger partial charge in [-0.3, -0.25) is 9.78 Å². The molecule has 1 atom stereocenters. The van der Waals surface area contributed by atoms with E-state index in [0.29, 0.717) is 5.69 Å². The van der Waals surface area contributed by atoms with Crippen molar-refractivity contribution in [2.75, 3.05) is 5.32 Å². The van der Waals surface area contributed by atoms with E-state index < -0.39 is 24.6 Å². The van der Waals surface area contributed by atoms with E-state index in [-0.39, 0.29) is 17.1 Å². The molecule has 0 radical (unpaired) electrons. The van der Waals surface area contributed by atoms with Crippen molar-refractivity contribution in [3.05, 3.63) is 48.0 Å². The molecule has 1 aromatic heterocycles. The number of alkyl halides is 2. The van der Waals surface area contributed by atoms with Crippen LogP contribution in [0.15, 0.2) is 36.7 Å². The number of ether oxygens (including phenoxy) is 2. The zero-order chi connectivity index (χ0) is 18.4. The highest BCUT2D eigenvalue weighted by atomic mass is 19.3. The maximum absolute atomic E-state index is 12.4. The van der Waals surface area contributed by atoms with E-state index in [9.17, 15) is 18.4 Å². The number of hydrogen-bond donors (Lipinski definition) is 1. The quantitative estimate of drug-likeness (QED) is 0.805. The summed E-state index contributed by atoms with van der Waals surface area (Å²) in [7, 11) is 0. The molecule has 9 heteroatoms. The number of hydrogen-bond acceptors (Lipinski definition) is 6. The Morgan fingerprint density at radius 1 is 1.16 bits per heavy atom. The Balaban J connectivity index is 2.01. The van der Waals surface area contributed by atoms with Gasteiger partial charge in [0.05, 0.1) is 17.6 Å². The molecule has 2 rings (SSSR count). The summed E-state index contributed by atoms with van der Waals surface area (Å²) in [5.41, 5.74) is 0.607.